The predicted molar refractivity (Wildman–Crippen MR) is 63.0 cm³/mol. The Morgan fingerprint density at radius 3 is 2.69 bits per heavy atom. The molecule has 0 spiro atoms. The van der Waals surface area contributed by atoms with E-state index in [9.17, 15) is 10.2 Å². The molecule has 2 N–H and O–H groups in total. The minimum Gasteiger partial charge on any atom is -0.387 e. The highest BCUT2D eigenvalue weighted by atomic mass is 16.3. The molecule has 16 heavy (non-hydrogen) atoms. The maximum absolute atomic E-state index is 9.94. The molecule has 1 aromatic heterocycles. The van der Waals surface area contributed by atoms with E-state index in [0.29, 0.717) is 5.56 Å². The second-order valence-corrected chi connectivity index (χ2v) is 4.51. The largest absolute Gasteiger partial charge is 0.387 e. The van der Waals surface area contributed by atoms with E-state index in [2.05, 4.69) is 4.98 Å². The van der Waals surface area contributed by atoms with Gasteiger partial charge in [0, 0.05) is 11.6 Å². The normalized spacial score (nSPS) is 14.0. The van der Waals surface area contributed by atoms with Crippen LogP contribution in [0.2, 0.25) is 0 Å². The van der Waals surface area contributed by atoms with Gasteiger partial charge in [0.25, 0.3) is 0 Å². The van der Waals surface area contributed by atoms with Crippen LogP contribution in [0.15, 0.2) is 36.5 Å². The van der Waals surface area contributed by atoms with Gasteiger partial charge in [-0.3, -0.25) is 4.98 Å². The Bertz CT molecular complexity index is 503. The van der Waals surface area contributed by atoms with Crippen molar-refractivity contribution in [3.63, 3.8) is 0 Å². The Hall–Kier alpha value is -1.45. The van der Waals surface area contributed by atoms with Crippen molar-refractivity contribution < 1.29 is 10.2 Å². The summed E-state index contributed by atoms with van der Waals surface area (Å²) in [5.74, 6) is 0. The van der Waals surface area contributed by atoms with E-state index in [1.165, 1.54) is 0 Å². The van der Waals surface area contributed by atoms with Crippen LogP contribution < -0.4 is 0 Å². The number of aliphatic hydroxyl groups excluding tert-OH is 1. The van der Waals surface area contributed by atoms with Crippen LogP contribution in [-0.2, 0) is 0 Å². The van der Waals surface area contributed by atoms with Crippen molar-refractivity contribution in [1.82, 2.24) is 4.98 Å². The van der Waals surface area contributed by atoms with Crippen molar-refractivity contribution in [2.75, 3.05) is 0 Å². The fourth-order valence-electron chi connectivity index (χ4n) is 1.66. The number of benzene rings is 1. The topological polar surface area (TPSA) is 53.4 Å². The lowest BCUT2D eigenvalue weighted by Crippen LogP contribution is -2.28. The smallest absolute Gasteiger partial charge is 0.107 e. The zero-order chi connectivity index (χ0) is 11.8. The number of nitrogens with zero attached hydrogens (tertiary/aromatic N) is 1. The first-order chi connectivity index (χ1) is 7.48. The number of aromatic nitrogens is 1. The molecule has 1 heterocycles. The Kier molecular flexibility index (Phi) is 2.66. The van der Waals surface area contributed by atoms with E-state index in [4.69, 9.17) is 0 Å². The van der Waals surface area contributed by atoms with Gasteiger partial charge >= 0.3 is 0 Å². The van der Waals surface area contributed by atoms with Gasteiger partial charge in [-0.25, -0.2) is 0 Å². The zero-order valence-corrected chi connectivity index (χ0v) is 9.38. The zero-order valence-electron chi connectivity index (χ0n) is 9.38. The van der Waals surface area contributed by atoms with Gasteiger partial charge in [0.2, 0.25) is 0 Å². The first-order valence-corrected chi connectivity index (χ1v) is 5.23. The molecule has 0 aliphatic heterocycles. The molecule has 1 atom stereocenters. The first-order valence-electron chi connectivity index (χ1n) is 5.23. The van der Waals surface area contributed by atoms with Gasteiger partial charge in [-0.2, -0.15) is 0 Å². The minimum absolute atomic E-state index is 0.679. The third-order valence-corrected chi connectivity index (χ3v) is 2.61. The van der Waals surface area contributed by atoms with Gasteiger partial charge in [0.15, 0.2) is 0 Å². The Morgan fingerprint density at radius 2 is 2.00 bits per heavy atom. The summed E-state index contributed by atoms with van der Waals surface area (Å²) in [7, 11) is 0. The molecule has 3 nitrogen and oxygen atoms in total. The van der Waals surface area contributed by atoms with Gasteiger partial charge < -0.3 is 10.2 Å². The van der Waals surface area contributed by atoms with E-state index in [-0.39, 0.29) is 0 Å². The summed E-state index contributed by atoms with van der Waals surface area (Å²) in [5.41, 5.74) is 0.352. The molecule has 2 aromatic rings. The quantitative estimate of drug-likeness (QED) is 0.809. The lowest BCUT2D eigenvalue weighted by molar-refractivity contribution is -0.0496. The molecule has 0 aliphatic rings. The number of rotatable bonds is 2. The molecular formula is C13H15NO2. The molecule has 0 aliphatic carbocycles. The van der Waals surface area contributed by atoms with Gasteiger partial charge in [0.05, 0.1) is 11.1 Å². The monoisotopic (exact) mass is 217 g/mol. The van der Waals surface area contributed by atoms with Crippen molar-refractivity contribution in [1.29, 1.82) is 0 Å². The molecule has 0 saturated carbocycles. The molecule has 0 amide bonds. The van der Waals surface area contributed by atoms with Gasteiger partial charge in [-0.15, -0.1) is 0 Å². The Balaban J connectivity index is 2.47. The molecule has 0 saturated heterocycles. The van der Waals surface area contributed by atoms with Crippen molar-refractivity contribution in [3.05, 3.63) is 42.1 Å². The van der Waals surface area contributed by atoms with Crippen molar-refractivity contribution >= 4 is 10.9 Å². The molecule has 84 valence electrons. The minimum atomic E-state index is -1.15. The third kappa shape index (κ3) is 2.05. The highest BCUT2D eigenvalue weighted by molar-refractivity contribution is 5.78. The van der Waals surface area contributed by atoms with Crippen LogP contribution >= 0.6 is 0 Å². The van der Waals surface area contributed by atoms with Crippen LogP contribution in [-0.4, -0.2) is 20.8 Å². The second-order valence-electron chi connectivity index (χ2n) is 4.51. The van der Waals surface area contributed by atoms with Crippen LogP contribution in [0.5, 0.6) is 0 Å². The van der Waals surface area contributed by atoms with Crippen LogP contribution in [0.25, 0.3) is 10.9 Å². The SMILES string of the molecule is CC(C)(O)C(O)c1ccc2cccnc2c1. The Labute approximate surface area is 94.4 Å². The van der Waals surface area contributed by atoms with Crippen molar-refractivity contribution in [2.45, 2.75) is 25.6 Å². The molecule has 1 unspecified atom stereocenters. The van der Waals surface area contributed by atoms with E-state index < -0.39 is 11.7 Å². The van der Waals surface area contributed by atoms with Crippen LogP contribution in [0.4, 0.5) is 0 Å². The number of pyridine rings is 1. The maximum atomic E-state index is 9.94. The molecular weight excluding hydrogens is 202 g/mol. The molecule has 1 aromatic carbocycles. The molecule has 0 bridgehead atoms. The lowest BCUT2D eigenvalue weighted by Gasteiger charge is -2.24. The summed E-state index contributed by atoms with van der Waals surface area (Å²) < 4.78 is 0. The van der Waals surface area contributed by atoms with E-state index in [1.54, 1.807) is 26.1 Å². The summed E-state index contributed by atoms with van der Waals surface area (Å²) in [6.07, 6.45) is 0.807. The number of hydrogen-bond donors (Lipinski definition) is 2. The maximum Gasteiger partial charge on any atom is 0.107 e. The van der Waals surface area contributed by atoms with Crippen LogP contribution in [0, 0.1) is 0 Å². The summed E-state index contributed by atoms with van der Waals surface area (Å²) in [6, 6.07) is 9.34. The first kappa shape index (κ1) is 11.0. The van der Waals surface area contributed by atoms with Gasteiger partial charge in [0.1, 0.15) is 6.10 Å². The average Bonchev–Trinajstić information content (AvgIpc) is 2.26. The standard InChI is InChI=1S/C13H15NO2/c1-13(2,16)12(15)10-6-5-9-4-3-7-14-11(9)8-10/h3-8,12,15-16H,1-2H3. The highest BCUT2D eigenvalue weighted by Crippen LogP contribution is 2.27. The Morgan fingerprint density at radius 1 is 1.25 bits per heavy atom. The van der Waals surface area contributed by atoms with Crippen molar-refractivity contribution in [3.8, 4) is 0 Å². The number of fused-ring (bicyclic) bond motifs is 1. The molecule has 0 radical (unpaired) electrons. The van der Waals surface area contributed by atoms with Gasteiger partial charge in [-0.05, 0) is 31.5 Å². The summed E-state index contributed by atoms with van der Waals surface area (Å²) in [6.45, 7) is 3.17. The highest BCUT2D eigenvalue weighted by Gasteiger charge is 2.26. The van der Waals surface area contributed by atoms with E-state index in [0.717, 1.165) is 10.9 Å². The summed E-state index contributed by atoms with van der Waals surface area (Å²) >= 11 is 0. The fourth-order valence-corrected chi connectivity index (χ4v) is 1.66. The molecule has 2 rings (SSSR count). The number of aliphatic hydroxyl groups is 2. The second kappa shape index (κ2) is 3.85. The fraction of sp³-hybridized carbons (Fsp3) is 0.308. The molecule has 3 heteroatoms. The average molecular weight is 217 g/mol. The predicted octanol–water partition coefficient (Wildman–Crippen LogP) is 2.04. The van der Waals surface area contributed by atoms with Crippen molar-refractivity contribution in [2.24, 2.45) is 0 Å². The van der Waals surface area contributed by atoms with E-state index >= 15 is 0 Å². The van der Waals surface area contributed by atoms with E-state index in [1.807, 2.05) is 24.3 Å². The lowest BCUT2D eigenvalue weighted by atomic mass is 9.94. The van der Waals surface area contributed by atoms with Gasteiger partial charge in [-0.1, -0.05) is 18.2 Å². The van der Waals surface area contributed by atoms with Crippen LogP contribution in [0.3, 0.4) is 0 Å². The third-order valence-electron chi connectivity index (χ3n) is 2.61. The van der Waals surface area contributed by atoms with Crippen LogP contribution in [0.1, 0.15) is 25.5 Å². The summed E-state index contributed by atoms with van der Waals surface area (Å²) in [4.78, 5) is 4.21. The molecule has 0 fully saturated rings. The summed E-state index contributed by atoms with van der Waals surface area (Å²) in [5, 5.41) is 20.7. The number of hydrogen-bond acceptors (Lipinski definition) is 3.